The monoisotopic (exact) mass is 388 g/mol. The Balaban J connectivity index is 1.75. The number of benzene rings is 2. The van der Waals surface area contributed by atoms with Gasteiger partial charge in [-0.3, -0.25) is 4.79 Å². The molecule has 0 unspecified atom stereocenters. The Morgan fingerprint density at radius 1 is 1.00 bits per heavy atom. The second-order valence-electron chi connectivity index (χ2n) is 7.22. The fourth-order valence-corrected chi connectivity index (χ4v) is 3.51. The number of carbonyl (C=O) groups is 1. The van der Waals surface area contributed by atoms with E-state index in [4.69, 9.17) is 4.74 Å². The van der Waals surface area contributed by atoms with Crippen molar-refractivity contribution >= 4 is 28.9 Å². The fourth-order valence-electron chi connectivity index (χ4n) is 3.51. The van der Waals surface area contributed by atoms with Crippen LogP contribution in [0.4, 0.5) is 23.1 Å². The fraction of sp³-hybridized carbons (Fsp3) is 0.261. The van der Waals surface area contributed by atoms with Crippen LogP contribution in [0.2, 0.25) is 0 Å². The predicted molar refractivity (Wildman–Crippen MR) is 115 cm³/mol. The number of hydrogen-bond acceptors (Lipinski definition) is 6. The van der Waals surface area contributed by atoms with Gasteiger partial charge in [0.05, 0.1) is 18.4 Å². The second-order valence-corrected chi connectivity index (χ2v) is 7.22. The molecular formula is C23H24N4O2. The molecule has 2 aromatic carbocycles. The number of ether oxygens (including phenoxy) is 1. The van der Waals surface area contributed by atoms with Gasteiger partial charge < -0.3 is 15.4 Å². The van der Waals surface area contributed by atoms with Gasteiger partial charge in [0.2, 0.25) is 5.95 Å². The highest BCUT2D eigenvalue weighted by Gasteiger charge is 2.25. The summed E-state index contributed by atoms with van der Waals surface area (Å²) in [5, 5.41) is 6.63. The van der Waals surface area contributed by atoms with Gasteiger partial charge in [-0.2, -0.15) is 4.98 Å². The number of ketones is 1. The van der Waals surface area contributed by atoms with Crippen molar-refractivity contribution in [2.45, 2.75) is 33.1 Å². The molecule has 6 nitrogen and oxygen atoms in total. The molecule has 0 bridgehead atoms. The Bertz CT molecular complexity index is 1080. The lowest BCUT2D eigenvalue weighted by Gasteiger charge is -2.20. The summed E-state index contributed by atoms with van der Waals surface area (Å²) in [5.41, 5.74) is 5.47. The zero-order valence-electron chi connectivity index (χ0n) is 16.9. The maximum atomic E-state index is 12.6. The number of fused-ring (bicyclic) bond motifs is 1. The molecule has 0 saturated carbocycles. The van der Waals surface area contributed by atoms with Gasteiger partial charge in [-0.25, -0.2) is 4.98 Å². The first kappa shape index (κ1) is 18.9. The van der Waals surface area contributed by atoms with Crippen LogP contribution in [0.3, 0.4) is 0 Å². The smallest absolute Gasteiger partial charge is 0.229 e. The first-order valence-electron chi connectivity index (χ1n) is 9.73. The van der Waals surface area contributed by atoms with E-state index in [0.29, 0.717) is 23.8 Å². The van der Waals surface area contributed by atoms with Crippen molar-refractivity contribution in [1.29, 1.82) is 0 Å². The highest BCUT2D eigenvalue weighted by molar-refractivity contribution is 6.03. The summed E-state index contributed by atoms with van der Waals surface area (Å²) in [6.45, 7) is 4.12. The van der Waals surface area contributed by atoms with Gasteiger partial charge in [-0.05, 0) is 56.0 Å². The van der Waals surface area contributed by atoms with E-state index in [9.17, 15) is 4.79 Å². The zero-order valence-corrected chi connectivity index (χ0v) is 16.9. The van der Waals surface area contributed by atoms with Crippen LogP contribution in [-0.4, -0.2) is 22.9 Å². The quantitative estimate of drug-likeness (QED) is 0.633. The summed E-state index contributed by atoms with van der Waals surface area (Å²) in [4.78, 5) is 21.9. The lowest BCUT2D eigenvalue weighted by atomic mass is 9.95. The van der Waals surface area contributed by atoms with E-state index in [0.717, 1.165) is 41.2 Å². The summed E-state index contributed by atoms with van der Waals surface area (Å²) in [5.74, 6) is 1.85. The molecule has 6 heteroatoms. The SMILES string of the molecule is COc1cccc(Nc2nc3c(c(Nc4cccc(C)c4C)n2)C(=O)CCC3)c1. The van der Waals surface area contributed by atoms with Crippen molar-refractivity contribution in [3.05, 3.63) is 64.8 Å². The maximum Gasteiger partial charge on any atom is 0.229 e. The molecule has 1 aromatic heterocycles. The van der Waals surface area contributed by atoms with Gasteiger partial charge >= 0.3 is 0 Å². The maximum absolute atomic E-state index is 12.6. The van der Waals surface area contributed by atoms with Crippen molar-refractivity contribution in [2.75, 3.05) is 17.7 Å². The number of aryl methyl sites for hydroxylation is 2. The molecule has 29 heavy (non-hydrogen) atoms. The Labute approximate surface area is 170 Å². The molecule has 148 valence electrons. The number of anilines is 4. The molecule has 0 aliphatic heterocycles. The Kier molecular flexibility index (Phi) is 5.16. The third kappa shape index (κ3) is 3.92. The largest absolute Gasteiger partial charge is 0.497 e. The average molecular weight is 388 g/mol. The van der Waals surface area contributed by atoms with Gasteiger partial charge in [-0.15, -0.1) is 0 Å². The van der Waals surface area contributed by atoms with Crippen LogP contribution >= 0.6 is 0 Å². The molecule has 1 heterocycles. The minimum absolute atomic E-state index is 0.0898. The highest BCUT2D eigenvalue weighted by atomic mass is 16.5. The number of Topliss-reactive ketones (excluding diaryl/α,β-unsaturated/α-hetero) is 1. The lowest BCUT2D eigenvalue weighted by molar-refractivity contribution is 0.0972. The third-order valence-corrected chi connectivity index (χ3v) is 5.26. The number of rotatable bonds is 5. The molecule has 0 amide bonds. The third-order valence-electron chi connectivity index (χ3n) is 5.26. The first-order valence-corrected chi connectivity index (χ1v) is 9.73. The topological polar surface area (TPSA) is 76.1 Å². The number of nitrogens with one attached hydrogen (secondary N) is 2. The van der Waals surface area contributed by atoms with E-state index in [-0.39, 0.29) is 5.78 Å². The van der Waals surface area contributed by atoms with Crippen LogP contribution in [0, 0.1) is 13.8 Å². The molecule has 0 radical (unpaired) electrons. The van der Waals surface area contributed by atoms with Crippen LogP contribution < -0.4 is 15.4 Å². The molecule has 0 fully saturated rings. The van der Waals surface area contributed by atoms with Gasteiger partial charge in [-0.1, -0.05) is 18.2 Å². The summed E-state index contributed by atoms with van der Waals surface area (Å²) in [6, 6.07) is 13.6. The van der Waals surface area contributed by atoms with E-state index in [1.807, 2.05) is 36.4 Å². The van der Waals surface area contributed by atoms with Crippen molar-refractivity contribution in [2.24, 2.45) is 0 Å². The van der Waals surface area contributed by atoms with Crippen LogP contribution in [0.25, 0.3) is 0 Å². The summed E-state index contributed by atoms with van der Waals surface area (Å²) in [6.07, 6.45) is 2.10. The molecule has 0 atom stereocenters. The summed E-state index contributed by atoms with van der Waals surface area (Å²) < 4.78 is 5.29. The lowest BCUT2D eigenvalue weighted by Crippen LogP contribution is -2.18. The molecule has 2 N–H and O–H groups in total. The Morgan fingerprint density at radius 3 is 2.66 bits per heavy atom. The standard InChI is InChI=1S/C23H24N4O2/c1-14-7-4-10-18(15(14)2)25-22-21-19(11-6-12-20(21)28)26-23(27-22)24-16-8-5-9-17(13-16)29-3/h4-5,7-10,13H,6,11-12H2,1-3H3,(H2,24,25,26,27). The van der Waals surface area contributed by atoms with Crippen molar-refractivity contribution in [3.8, 4) is 5.75 Å². The van der Waals surface area contributed by atoms with E-state index in [1.54, 1.807) is 7.11 Å². The van der Waals surface area contributed by atoms with Crippen LogP contribution in [0.15, 0.2) is 42.5 Å². The number of aromatic nitrogens is 2. The van der Waals surface area contributed by atoms with Crippen molar-refractivity contribution in [1.82, 2.24) is 9.97 Å². The molecule has 0 saturated heterocycles. The minimum atomic E-state index is 0.0898. The van der Waals surface area contributed by atoms with Gasteiger partial charge in [0.1, 0.15) is 11.6 Å². The van der Waals surface area contributed by atoms with E-state index < -0.39 is 0 Å². The molecular weight excluding hydrogens is 364 g/mol. The zero-order chi connectivity index (χ0) is 20.4. The molecule has 1 aliphatic rings. The molecule has 0 spiro atoms. The van der Waals surface area contributed by atoms with E-state index in [1.165, 1.54) is 5.56 Å². The van der Waals surface area contributed by atoms with Crippen molar-refractivity contribution < 1.29 is 9.53 Å². The predicted octanol–water partition coefficient (Wildman–Crippen LogP) is 5.11. The van der Waals surface area contributed by atoms with Crippen LogP contribution in [-0.2, 0) is 6.42 Å². The van der Waals surface area contributed by atoms with E-state index >= 15 is 0 Å². The van der Waals surface area contributed by atoms with E-state index in [2.05, 4.69) is 40.5 Å². The molecule has 3 aromatic rings. The average Bonchev–Trinajstić information content (AvgIpc) is 2.71. The number of nitrogens with zero attached hydrogens (tertiary/aromatic N) is 2. The first-order chi connectivity index (χ1) is 14.0. The van der Waals surface area contributed by atoms with Gasteiger partial charge in [0, 0.05) is 23.9 Å². The van der Waals surface area contributed by atoms with Gasteiger partial charge in [0.15, 0.2) is 5.78 Å². The minimum Gasteiger partial charge on any atom is -0.497 e. The molecule has 1 aliphatic carbocycles. The summed E-state index contributed by atoms with van der Waals surface area (Å²) >= 11 is 0. The number of carbonyl (C=O) groups excluding carboxylic acids is 1. The summed E-state index contributed by atoms with van der Waals surface area (Å²) in [7, 11) is 1.63. The number of hydrogen-bond donors (Lipinski definition) is 2. The second kappa shape index (κ2) is 7.91. The highest BCUT2D eigenvalue weighted by Crippen LogP contribution is 2.31. The number of methoxy groups -OCH3 is 1. The van der Waals surface area contributed by atoms with Crippen LogP contribution in [0.1, 0.15) is 40.0 Å². The Morgan fingerprint density at radius 2 is 1.83 bits per heavy atom. The molecule has 4 rings (SSSR count). The van der Waals surface area contributed by atoms with Crippen molar-refractivity contribution in [3.63, 3.8) is 0 Å². The van der Waals surface area contributed by atoms with Gasteiger partial charge in [0.25, 0.3) is 0 Å². The Hall–Kier alpha value is -3.41. The van der Waals surface area contributed by atoms with Crippen LogP contribution in [0.5, 0.6) is 5.75 Å². The normalized spacial score (nSPS) is 13.0.